The van der Waals surface area contributed by atoms with Crippen molar-refractivity contribution < 1.29 is 23.1 Å². The molecule has 6 nitrogen and oxygen atoms in total. The van der Waals surface area contributed by atoms with Gasteiger partial charge in [0.25, 0.3) is 5.91 Å². The van der Waals surface area contributed by atoms with Crippen molar-refractivity contribution in [2.75, 3.05) is 6.54 Å². The summed E-state index contributed by atoms with van der Waals surface area (Å²) in [6, 6.07) is 3.14. The first kappa shape index (κ1) is 17.9. The van der Waals surface area contributed by atoms with Crippen LogP contribution in [0.2, 0.25) is 0 Å². The molecule has 2 aromatic heterocycles. The van der Waals surface area contributed by atoms with Crippen LogP contribution in [0.1, 0.15) is 28.3 Å². The number of imidazole rings is 1. The third kappa shape index (κ3) is 3.56. The first-order valence-electron chi connectivity index (χ1n) is 7.13. The van der Waals surface area contributed by atoms with Crippen molar-refractivity contribution in [1.29, 1.82) is 0 Å². The fraction of sp³-hybridized carbons (Fsp3) is 0.400. The quantitative estimate of drug-likeness (QED) is 0.867. The summed E-state index contributed by atoms with van der Waals surface area (Å²) in [4.78, 5) is 19.4. The monoisotopic (exact) mass is 342 g/mol. The number of nitrogens with one attached hydrogen (secondary N) is 1. The Balaban J connectivity index is 2.08. The van der Waals surface area contributed by atoms with Gasteiger partial charge in [-0.3, -0.25) is 9.78 Å². The minimum atomic E-state index is -4.93. The number of carbonyl (C=O) groups excluding carboxylic acids is 1. The molecule has 0 spiro atoms. The van der Waals surface area contributed by atoms with Gasteiger partial charge in [-0.25, -0.2) is 4.98 Å². The van der Waals surface area contributed by atoms with Gasteiger partial charge in [-0.15, -0.1) is 0 Å². The molecule has 0 aromatic carbocycles. The summed E-state index contributed by atoms with van der Waals surface area (Å²) in [5.74, 6) is -1.09. The number of carbonyl (C=O) groups is 1. The predicted octanol–water partition coefficient (Wildman–Crippen LogP) is 1.69. The van der Waals surface area contributed by atoms with E-state index < -0.39 is 29.9 Å². The average molecular weight is 342 g/mol. The Morgan fingerprint density at radius 2 is 2.04 bits per heavy atom. The lowest BCUT2D eigenvalue weighted by Gasteiger charge is -2.29. The standard InChI is InChI=1S/C15H17F3N4O2/c1-10-3-4-11(9-21-10)12(23)19-6-5-14(24,15(16,17)18)13-20-7-8-22(13)2/h3-4,7-9,24H,5-6H2,1-2H3,(H,19,23). The van der Waals surface area contributed by atoms with E-state index >= 15 is 0 Å². The van der Waals surface area contributed by atoms with Crippen LogP contribution in [0.4, 0.5) is 13.2 Å². The summed E-state index contributed by atoms with van der Waals surface area (Å²) in [6.07, 6.45) is -1.88. The van der Waals surface area contributed by atoms with E-state index in [9.17, 15) is 23.1 Å². The molecule has 0 radical (unpaired) electrons. The Labute approximate surface area is 136 Å². The lowest BCUT2D eigenvalue weighted by Crippen LogP contribution is -2.46. The number of aliphatic hydroxyl groups is 1. The van der Waals surface area contributed by atoms with Gasteiger partial charge in [-0.2, -0.15) is 13.2 Å². The molecule has 1 atom stereocenters. The van der Waals surface area contributed by atoms with Gasteiger partial charge < -0.3 is 15.0 Å². The molecule has 1 amide bonds. The van der Waals surface area contributed by atoms with Crippen molar-refractivity contribution in [3.05, 3.63) is 47.8 Å². The zero-order valence-electron chi connectivity index (χ0n) is 13.1. The maximum absolute atomic E-state index is 13.3. The third-order valence-electron chi connectivity index (χ3n) is 3.61. The number of alkyl halides is 3. The first-order chi connectivity index (χ1) is 11.1. The number of hydrogen-bond acceptors (Lipinski definition) is 4. The van der Waals surface area contributed by atoms with E-state index in [1.165, 1.54) is 31.7 Å². The van der Waals surface area contributed by atoms with Crippen LogP contribution in [0.3, 0.4) is 0 Å². The van der Waals surface area contributed by atoms with Gasteiger partial charge in [0.05, 0.1) is 5.56 Å². The lowest BCUT2D eigenvalue weighted by atomic mass is 9.97. The van der Waals surface area contributed by atoms with Crippen molar-refractivity contribution in [3.63, 3.8) is 0 Å². The first-order valence-corrected chi connectivity index (χ1v) is 7.13. The summed E-state index contributed by atoms with van der Waals surface area (Å²) < 4.78 is 41.0. The van der Waals surface area contributed by atoms with Crippen LogP contribution in [0.15, 0.2) is 30.7 Å². The smallest absolute Gasteiger partial charge is 0.374 e. The molecule has 0 aliphatic heterocycles. The topological polar surface area (TPSA) is 80.0 Å². The van der Waals surface area contributed by atoms with Crippen molar-refractivity contribution in [1.82, 2.24) is 19.9 Å². The van der Waals surface area contributed by atoms with Crippen molar-refractivity contribution in [2.45, 2.75) is 25.1 Å². The van der Waals surface area contributed by atoms with E-state index in [4.69, 9.17) is 0 Å². The number of halogens is 3. The van der Waals surface area contributed by atoms with Gasteiger partial charge in [-0.05, 0) is 19.1 Å². The van der Waals surface area contributed by atoms with E-state index in [1.54, 1.807) is 13.0 Å². The second-order valence-corrected chi connectivity index (χ2v) is 5.41. The van der Waals surface area contributed by atoms with Crippen LogP contribution in [0.5, 0.6) is 0 Å². The summed E-state index contributed by atoms with van der Waals surface area (Å²) in [5, 5.41) is 12.5. The number of amides is 1. The largest absolute Gasteiger partial charge is 0.424 e. The summed E-state index contributed by atoms with van der Waals surface area (Å²) in [6.45, 7) is 1.37. The van der Waals surface area contributed by atoms with Crippen molar-refractivity contribution in [3.8, 4) is 0 Å². The summed E-state index contributed by atoms with van der Waals surface area (Å²) >= 11 is 0. The highest BCUT2D eigenvalue weighted by atomic mass is 19.4. The summed E-state index contributed by atoms with van der Waals surface area (Å²) in [7, 11) is 1.36. The van der Waals surface area contributed by atoms with Gasteiger partial charge in [0.15, 0.2) is 0 Å². The van der Waals surface area contributed by atoms with E-state index in [1.807, 2.05) is 0 Å². The molecule has 0 bridgehead atoms. The Morgan fingerprint density at radius 3 is 2.54 bits per heavy atom. The SMILES string of the molecule is Cc1ccc(C(=O)NCCC(O)(c2nccn2C)C(F)(F)F)cn1. The number of aryl methyl sites for hydroxylation is 2. The molecule has 0 saturated carbocycles. The van der Waals surface area contributed by atoms with Crippen molar-refractivity contribution in [2.24, 2.45) is 7.05 Å². The summed E-state index contributed by atoms with van der Waals surface area (Å²) in [5.41, 5.74) is -2.20. The molecular weight excluding hydrogens is 325 g/mol. The van der Waals surface area contributed by atoms with E-state index in [2.05, 4.69) is 15.3 Å². The van der Waals surface area contributed by atoms with Gasteiger partial charge in [0.1, 0.15) is 5.82 Å². The number of hydrogen-bond donors (Lipinski definition) is 2. The van der Waals surface area contributed by atoms with E-state index in [0.717, 1.165) is 4.57 Å². The fourth-order valence-electron chi connectivity index (χ4n) is 2.21. The zero-order chi connectivity index (χ0) is 18.0. The number of rotatable bonds is 5. The minimum Gasteiger partial charge on any atom is -0.374 e. The molecule has 0 aliphatic rings. The van der Waals surface area contributed by atoms with Gasteiger partial charge in [0.2, 0.25) is 5.60 Å². The normalized spacial score (nSPS) is 14.2. The predicted molar refractivity (Wildman–Crippen MR) is 79.1 cm³/mol. The van der Waals surface area contributed by atoms with Gasteiger partial charge in [0, 0.05) is 44.3 Å². The molecule has 130 valence electrons. The molecule has 2 aromatic rings. The number of nitrogens with zero attached hydrogens (tertiary/aromatic N) is 3. The Kier molecular flexibility index (Phi) is 4.93. The van der Waals surface area contributed by atoms with Gasteiger partial charge in [-0.1, -0.05) is 0 Å². The highest BCUT2D eigenvalue weighted by Crippen LogP contribution is 2.40. The second-order valence-electron chi connectivity index (χ2n) is 5.41. The van der Waals surface area contributed by atoms with Crippen LogP contribution in [0, 0.1) is 6.92 Å². The van der Waals surface area contributed by atoms with Crippen LogP contribution in [0.25, 0.3) is 0 Å². The molecule has 9 heteroatoms. The van der Waals surface area contributed by atoms with Crippen LogP contribution in [-0.2, 0) is 12.6 Å². The molecular formula is C15H17F3N4O2. The van der Waals surface area contributed by atoms with E-state index in [-0.39, 0.29) is 12.1 Å². The Bertz CT molecular complexity index is 712. The number of pyridine rings is 1. The maximum Gasteiger partial charge on any atom is 0.424 e. The minimum absolute atomic E-state index is 0.230. The number of aromatic nitrogens is 3. The molecule has 24 heavy (non-hydrogen) atoms. The van der Waals surface area contributed by atoms with Crippen LogP contribution < -0.4 is 5.32 Å². The highest BCUT2D eigenvalue weighted by molar-refractivity contribution is 5.93. The van der Waals surface area contributed by atoms with E-state index in [0.29, 0.717) is 5.69 Å². The van der Waals surface area contributed by atoms with Crippen LogP contribution >= 0.6 is 0 Å². The molecule has 0 aliphatic carbocycles. The maximum atomic E-state index is 13.3. The second kappa shape index (κ2) is 6.60. The molecule has 0 fully saturated rings. The Hall–Kier alpha value is -2.42. The fourth-order valence-corrected chi connectivity index (χ4v) is 2.21. The molecule has 0 saturated heterocycles. The third-order valence-corrected chi connectivity index (χ3v) is 3.61. The zero-order valence-corrected chi connectivity index (χ0v) is 13.1. The molecule has 2 heterocycles. The Morgan fingerprint density at radius 1 is 1.33 bits per heavy atom. The highest BCUT2D eigenvalue weighted by Gasteiger charge is 2.57. The molecule has 2 rings (SSSR count). The van der Waals surface area contributed by atoms with Crippen molar-refractivity contribution >= 4 is 5.91 Å². The lowest BCUT2D eigenvalue weighted by molar-refractivity contribution is -0.272. The van der Waals surface area contributed by atoms with Gasteiger partial charge >= 0.3 is 6.18 Å². The molecule has 2 N–H and O–H groups in total. The average Bonchev–Trinajstić information content (AvgIpc) is 2.93. The molecule has 1 unspecified atom stereocenters. The van der Waals surface area contributed by atoms with Crippen LogP contribution in [-0.4, -0.2) is 38.3 Å².